The van der Waals surface area contributed by atoms with Gasteiger partial charge in [0.15, 0.2) is 0 Å². The maximum Gasteiger partial charge on any atom is 0.102 e. The van der Waals surface area contributed by atoms with Crippen molar-refractivity contribution < 1.29 is 4.39 Å². The number of halogens is 1. The molecule has 88 valence electrons. The smallest absolute Gasteiger partial charge is 0.102 e. The quantitative estimate of drug-likeness (QED) is 0.772. The average molecular weight is 214 g/mol. The number of rotatable bonds is 3. The Morgan fingerprint density at radius 2 is 2.07 bits per heavy atom. The molecule has 1 unspecified atom stereocenters. The molecule has 2 saturated heterocycles. The van der Waals surface area contributed by atoms with Crippen molar-refractivity contribution in [3.05, 3.63) is 0 Å². The molecule has 0 aromatic rings. The molecule has 0 spiro atoms. The highest BCUT2D eigenvalue weighted by Crippen LogP contribution is 2.42. The van der Waals surface area contributed by atoms with Crippen LogP contribution in [0, 0.1) is 0 Å². The van der Waals surface area contributed by atoms with Crippen molar-refractivity contribution >= 4 is 0 Å². The predicted octanol–water partition coefficient (Wildman–Crippen LogP) is 1.95. The van der Waals surface area contributed by atoms with Crippen molar-refractivity contribution in [3.8, 4) is 0 Å². The van der Waals surface area contributed by atoms with Gasteiger partial charge in [0.05, 0.1) is 0 Å². The van der Waals surface area contributed by atoms with Gasteiger partial charge in [-0.05, 0) is 40.0 Å². The Morgan fingerprint density at radius 1 is 1.33 bits per heavy atom. The molecule has 3 atom stereocenters. The second-order valence-electron chi connectivity index (χ2n) is 5.86. The molecule has 0 aromatic carbocycles. The van der Waals surface area contributed by atoms with Crippen LogP contribution in [-0.4, -0.2) is 41.8 Å². The molecule has 2 fully saturated rings. The van der Waals surface area contributed by atoms with Gasteiger partial charge in [-0.25, -0.2) is 4.39 Å². The molecule has 2 aliphatic rings. The van der Waals surface area contributed by atoms with E-state index in [9.17, 15) is 4.39 Å². The molecule has 0 saturated carbocycles. The third-order valence-electron chi connectivity index (χ3n) is 3.81. The van der Waals surface area contributed by atoms with Crippen molar-refractivity contribution in [2.45, 2.75) is 63.7 Å². The van der Waals surface area contributed by atoms with E-state index in [0.717, 1.165) is 6.04 Å². The molecule has 2 heterocycles. The highest BCUT2D eigenvalue weighted by Gasteiger charge is 2.49. The lowest BCUT2D eigenvalue weighted by atomic mass is 9.95. The molecular weight excluding hydrogens is 191 g/mol. The van der Waals surface area contributed by atoms with Crippen molar-refractivity contribution in [1.29, 1.82) is 0 Å². The van der Waals surface area contributed by atoms with Gasteiger partial charge in [-0.15, -0.1) is 0 Å². The summed E-state index contributed by atoms with van der Waals surface area (Å²) in [4.78, 5) is 2.64. The molecule has 2 rings (SSSR count). The first-order chi connectivity index (χ1) is 7.04. The zero-order valence-corrected chi connectivity index (χ0v) is 10.1. The van der Waals surface area contributed by atoms with Crippen LogP contribution >= 0.6 is 0 Å². The van der Waals surface area contributed by atoms with E-state index in [-0.39, 0.29) is 12.2 Å². The molecular formula is C12H23FN2. The SMILES string of the molecule is CC(C)(C)N1[C@@H]2CC[C@H]1C(NCCF)C2. The number of nitrogens with zero attached hydrogens (tertiary/aromatic N) is 1. The van der Waals surface area contributed by atoms with Gasteiger partial charge in [0.1, 0.15) is 6.67 Å². The van der Waals surface area contributed by atoms with Crippen molar-refractivity contribution in [2.75, 3.05) is 13.2 Å². The highest BCUT2D eigenvalue weighted by molar-refractivity contribution is 5.07. The minimum Gasteiger partial charge on any atom is -0.310 e. The number of fused-ring (bicyclic) bond motifs is 2. The van der Waals surface area contributed by atoms with Crippen LogP contribution in [0.3, 0.4) is 0 Å². The molecule has 15 heavy (non-hydrogen) atoms. The first kappa shape index (κ1) is 11.3. The Balaban J connectivity index is 2.00. The number of alkyl halides is 1. The Kier molecular flexibility index (Phi) is 3.04. The summed E-state index contributed by atoms with van der Waals surface area (Å²) in [5, 5.41) is 3.35. The van der Waals surface area contributed by atoms with Crippen LogP contribution in [0.4, 0.5) is 4.39 Å². The molecule has 0 aliphatic carbocycles. The fourth-order valence-corrected chi connectivity index (χ4v) is 3.49. The molecule has 0 aromatic heterocycles. The molecule has 2 bridgehead atoms. The normalized spacial score (nSPS) is 36.4. The van der Waals surface area contributed by atoms with E-state index < -0.39 is 0 Å². The van der Waals surface area contributed by atoms with Gasteiger partial charge in [0, 0.05) is 30.2 Å². The minimum absolute atomic E-state index is 0.247. The van der Waals surface area contributed by atoms with Crippen molar-refractivity contribution in [1.82, 2.24) is 10.2 Å². The summed E-state index contributed by atoms with van der Waals surface area (Å²) in [6.07, 6.45) is 3.82. The van der Waals surface area contributed by atoms with E-state index in [0.29, 0.717) is 18.6 Å². The van der Waals surface area contributed by atoms with Crippen molar-refractivity contribution in [3.63, 3.8) is 0 Å². The standard InChI is InChI=1S/C12H23FN2/c1-12(2,3)15-9-4-5-11(15)10(8-9)14-7-6-13/h9-11,14H,4-8H2,1-3H3/t9-,10?,11+/m1/s1. The van der Waals surface area contributed by atoms with E-state index in [1.807, 2.05) is 0 Å². The summed E-state index contributed by atoms with van der Waals surface area (Å²) < 4.78 is 12.1. The van der Waals surface area contributed by atoms with E-state index >= 15 is 0 Å². The van der Waals surface area contributed by atoms with Crippen LogP contribution in [-0.2, 0) is 0 Å². The first-order valence-corrected chi connectivity index (χ1v) is 6.12. The van der Waals surface area contributed by atoms with Gasteiger partial charge in [0.25, 0.3) is 0 Å². The Hall–Kier alpha value is -0.150. The van der Waals surface area contributed by atoms with Crippen LogP contribution in [0.15, 0.2) is 0 Å². The van der Waals surface area contributed by atoms with Gasteiger partial charge in [0.2, 0.25) is 0 Å². The number of hydrogen-bond acceptors (Lipinski definition) is 2. The zero-order chi connectivity index (χ0) is 11.1. The Labute approximate surface area is 92.2 Å². The summed E-state index contributed by atoms with van der Waals surface area (Å²) >= 11 is 0. The fourth-order valence-electron chi connectivity index (χ4n) is 3.49. The van der Waals surface area contributed by atoms with Crippen LogP contribution in [0.1, 0.15) is 40.0 Å². The maximum absolute atomic E-state index is 12.1. The lowest BCUT2D eigenvalue weighted by molar-refractivity contribution is 0.112. The van der Waals surface area contributed by atoms with Gasteiger partial charge in [-0.3, -0.25) is 4.90 Å². The van der Waals surface area contributed by atoms with E-state index in [1.54, 1.807) is 0 Å². The van der Waals surface area contributed by atoms with Crippen molar-refractivity contribution in [2.24, 2.45) is 0 Å². The number of nitrogens with one attached hydrogen (secondary N) is 1. The van der Waals surface area contributed by atoms with Gasteiger partial charge < -0.3 is 5.32 Å². The lowest BCUT2D eigenvalue weighted by Crippen LogP contribution is -2.48. The zero-order valence-electron chi connectivity index (χ0n) is 10.1. The maximum atomic E-state index is 12.1. The summed E-state index contributed by atoms with van der Waals surface area (Å²) in [5.74, 6) is 0. The van der Waals surface area contributed by atoms with Crippen LogP contribution in [0.5, 0.6) is 0 Å². The lowest BCUT2D eigenvalue weighted by Gasteiger charge is -2.36. The second-order valence-corrected chi connectivity index (χ2v) is 5.86. The summed E-state index contributed by atoms with van der Waals surface area (Å²) in [7, 11) is 0. The molecule has 1 N–H and O–H groups in total. The molecule has 3 heteroatoms. The molecule has 0 radical (unpaired) electrons. The number of hydrogen-bond donors (Lipinski definition) is 1. The summed E-state index contributed by atoms with van der Waals surface area (Å²) in [6.45, 7) is 7.14. The average Bonchev–Trinajstić information content (AvgIpc) is 2.69. The van der Waals surface area contributed by atoms with Gasteiger partial charge in [-0.2, -0.15) is 0 Å². The third-order valence-corrected chi connectivity index (χ3v) is 3.81. The summed E-state index contributed by atoms with van der Waals surface area (Å²) in [6, 6.07) is 1.90. The Bertz CT molecular complexity index is 224. The van der Waals surface area contributed by atoms with Gasteiger partial charge in [-0.1, -0.05) is 0 Å². The summed E-state index contributed by atoms with van der Waals surface area (Å²) in [5.41, 5.74) is 0.262. The van der Waals surface area contributed by atoms with Crippen LogP contribution in [0.2, 0.25) is 0 Å². The van der Waals surface area contributed by atoms with E-state index in [1.165, 1.54) is 19.3 Å². The molecule has 2 nitrogen and oxygen atoms in total. The van der Waals surface area contributed by atoms with Crippen LogP contribution in [0.25, 0.3) is 0 Å². The van der Waals surface area contributed by atoms with E-state index in [2.05, 4.69) is 31.0 Å². The van der Waals surface area contributed by atoms with Crippen LogP contribution < -0.4 is 5.32 Å². The third kappa shape index (κ3) is 2.04. The second kappa shape index (κ2) is 4.02. The first-order valence-electron chi connectivity index (χ1n) is 6.12. The monoisotopic (exact) mass is 214 g/mol. The minimum atomic E-state index is -0.247. The topological polar surface area (TPSA) is 15.3 Å². The van der Waals surface area contributed by atoms with E-state index in [4.69, 9.17) is 0 Å². The predicted molar refractivity (Wildman–Crippen MR) is 60.8 cm³/mol. The molecule has 2 aliphatic heterocycles. The fraction of sp³-hybridized carbons (Fsp3) is 1.00. The van der Waals surface area contributed by atoms with Gasteiger partial charge >= 0.3 is 0 Å². The highest BCUT2D eigenvalue weighted by atomic mass is 19.1. The Morgan fingerprint density at radius 3 is 2.60 bits per heavy atom. The molecule has 0 amide bonds. The largest absolute Gasteiger partial charge is 0.310 e.